The van der Waals surface area contributed by atoms with Crippen molar-refractivity contribution in [1.82, 2.24) is 5.32 Å². The van der Waals surface area contributed by atoms with E-state index in [0.717, 1.165) is 27.8 Å². The molecule has 0 spiro atoms. The van der Waals surface area contributed by atoms with E-state index in [0.29, 0.717) is 0 Å². The molecule has 2 rings (SSSR count). The van der Waals surface area contributed by atoms with Crippen LogP contribution in [0.25, 0.3) is 0 Å². The predicted octanol–water partition coefficient (Wildman–Crippen LogP) is 3.90. The predicted molar refractivity (Wildman–Crippen MR) is 101 cm³/mol. The number of amides is 1. The molecule has 0 aliphatic heterocycles. The van der Waals surface area contributed by atoms with Crippen LogP contribution >= 0.6 is 15.9 Å². The summed E-state index contributed by atoms with van der Waals surface area (Å²) in [5.41, 5.74) is 1.61. The summed E-state index contributed by atoms with van der Waals surface area (Å²) in [6.07, 6.45) is 1.87. The SMILES string of the molecule is CC(NC(=O)/C=C\C(=O)O)C(C)(c1ccccc1)c1cccc(Br)c1. The highest BCUT2D eigenvalue weighted by atomic mass is 79.9. The van der Waals surface area contributed by atoms with Gasteiger partial charge in [-0.2, -0.15) is 0 Å². The van der Waals surface area contributed by atoms with Gasteiger partial charge in [0.25, 0.3) is 0 Å². The molecule has 2 aromatic rings. The van der Waals surface area contributed by atoms with Gasteiger partial charge in [0.1, 0.15) is 0 Å². The second-order valence-corrected chi connectivity index (χ2v) is 6.90. The van der Waals surface area contributed by atoms with E-state index in [-0.39, 0.29) is 6.04 Å². The van der Waals surface area contributed by atoms with Crippen LogP contribution < -0.4 is 5.32 Å². The molecule has 0 fully saturated rings. The molecule has 2 unspecified atom stereocenters. The lowest BCUT2D eigenvalue weighted by atomic mass is 9.71. The number of carbonyl (C=O) groups excluding carboxylic acids is 1. The summed E-state index contributed by atoms with van der Waals surface area (Å²) < 4.78 is 0.955. The lowest BCUT2D eigenvalue weighted by Crippen LogP contribution is -2.47. The molecule has 0 bridgehead atoms. The Kier molecular flexibility index (Phi) is 6.15. The van der Waals surface area contributed by atoms with E-state index in [4.69, 9.17) is 5.11 Å². The summed E-state index contributed by atoms with van der Waals surface area (Å²) in [6.45, 7) is 3.98. The molecule has 0 aliphatic carbocycles. The number of halogens is 1. The largest absolute Gasteiger partial charge is 0.478 e. The van der Waals surface area contributed by atoms with Gasteiger partial charge in [0.05, 0.1) is 0 Å². The third-order valence-corrected chi connectivity index (χ3v) is 4.89. The van der Waals surface area contributed by atoms with Crippen LogP contribution in [0.4, 0.5) is 0 Å². The lowest BCUT2D eigenvalue weighted by Gasteiger charge is -2.37. The number of rotatable bonds is 6. The van der Waals surface area contributed by atoms with E-state index in [9.17, 15) is 9.59 Å². The number of hydrogen-bond donors (Lipinski definition) is 2. The molecule has 25 heavy (non-hydrogen) atoms. The normalized spacial score (nSPS) is 14.7. The third kappa shape index (κ3) is 4.57. The first kappa shape index (κ1) is 18.9. The minimum Gasteiger partial charge on any atom is -0.478 e. The fourth-order valence-corrected chi connectivity index (χ4v) is 3.21. The molecule has 0 heterocycles. The molecule has 0 radical (unpaired) electrons. The highest BCUT2D eigenvalue weighted by Gasteiger charge is 2.35. The monoisotopic (exact) mass is 401 g/mol. The Labute approximate surface area is 155 Å². The average Bonchev–Trinajstić information content (AvgIpc) is 2.60. The van der Waals surface area contributed by atoms with Crippen molar-refractivity contribution in [2.75, 3.05) is 0 Å². The topological polar surface area (TPSA) is 66.4 Å². The lowest BCUT2D eigenvalue weighted by molar-refractivity contribution is -0.131. The Morgan fingerprint density at radius 2 is 1.72 bits per heavy atom. The Hall–Kier alpha value is -2.40. The van der Waals surface area contributed by atoms with Crippen LogP contribution in [0.3, 0.4) is 0 Å². The van der Waals surface area contributed by atoms with Crippen LogP contribution in [0.2, 0.25) is 0 Å². The summed E-state index contributed by atoms with van der Waals surface area (Å²) in [7, 11) is 0. The Balaban J connectivity index is 2.42. The zero-order valence-electron chi connectivity index (χ0n) is 14.1. The van der Waals surface area contributed by atoms with E-state index in [1.54, 1.807) is 0 Å². The fourth-order valence-electron chi connectivity index (χ4n) is 2.82. The van der Waals surface area contributed by atoms with Gasteiger partial charge in [0, 0.05) is 28.1 Å². The van der Waals surface area contributed by atoms with Crippen molar-refractivity contribution >= 4 is 27.8 Å². The minimum absolute atomic E-state index is 0.268. The van der Waals surface area contributed by atoms with Crippen LogP contribution in [0.1, 0.15) is 25.0 Å². The Morgan fingerprint density at radius 1 is 1.08 bits per heavy atom. The summed E-state index contributed by atoms with van der Waals surface area (Å²) >= 11 is 3.50. The number of carboxylic acids is 1. The summed E-state index contributed by atoms with van der Waals surface area (Å²) in [5, 5.41) is 11.6. The van der Waals surface area contributed by atoms with E-state index in [2.05, 4.69) is 28.2 Å². The van der Waals surface area contributed by atoms with Gasteiger partial charge in [-0.25, -0.2) is 4.79 Å². The highest BCUT2D eigenvalue weighted by molar-refractivity contribution is 9.10. The number of nitrogens with one attached hydrogen (secondary N) is 1. The maximum atomic E-state index is 12.1. The van der Waals surface area contributed by atoms with E-state index in [1.165, 1.54) is 0 Å². The molecule has 2 atom stereocenters. The molecule has 130 valence electrons. The van der Waals surface area contributed by atoms with Gasteiger partial charge in [-0.1, -0.05) is 58.4 Å². The first-order valence-corrected chi connectivity index (χ1v) is 8.66. The fraction of sp³-hybridized carbons (Fsp3) is 0.200. The third-order valence-electron chi connectivity index (χ3n) is 4.40. The molecule has 0 saturated heterocycles. The van der Waals surface area contributed by atoms with Crippen molar-refractivity contribution < 1.29 is 14.7 Å². The van der Waals surface area contributed by atoms with Gasteiger partial charge in [-0.3, -0.25) is 4.79 Å². The summed E-state index contributed by atoms with van der Waals surface area (Å²) in [4.78, 5) is 22.7. The van der Waals surface area contributed by atoms with Gasteiger partial charge >= 0.3 is 5.97 Å². The number of benzene rings is 2. The molecule has 0 aliphatic rings. The van der Waals surface area contributed by atoms with E-state index >= 15 is 0 Å². The molecule has 2 aromatic carbocycles. The molecular formula is C20H20BrNO3. The van der Waals surface area contributed by atoms with Gasteiger partial charge in [0.2, 0.25) is 5.91 Å². The second-order valence-electron chi connectivity index (χ2n) is 5.98. The Bertz CT molecular complexity index is 789. The highest BCUT2D eigenvalue weighted by Crippen LogP contribution is 2.36. The zero-order chi connectivity index (χ0) is 18.4. The summed E-state index contributed by atoms with van der Waals surface area (Å²) in [6, 6.07) is 17.6. The number of hydrogen-bond acceptors (Lipinski definition) is 2. The smallest absolute Gasteiger partial charge is 0.328 e. The van der Waals surface area contributed by atoms with Crippen LogP contribution in [-0.4, -0.2) is 23.0 Å². The van der Waals surface area contributed by atoms with Crippen molar-refractivity contribution in [1.29, 1.82) is 0 Å². The first-order chi connectivity index (χ1) is 11.8. The molecule has 4 nitrogen and oxygen atoms in total. The maximum absolute atomic E-state index is 12.1. The summed E-state index contributed by atoms with van der Waals surface area (Å²) in [5.74, 6) is -1.59. The second kappa shape index (κ2) is 8.12. The molecule has 5 heteroatoms. The van der Waals surface area contributed by atoms with Crippen molar-refractivity contribution in [3.8, 4) is 0 Å². The van der Waals surface area contributed by atoms with Crippen molar-refractivity contribution in [2.45, 2.75) is 25.3 Å². The van der Waals surface area contributed by atoms with Crippen LogP contribution in [-0.2, 0) is 15.0 Å². The van der Waals surface area contributed by atoms with E-state index in [1.807, 2.05) is 61.5 Å². The molecule has 2 N–H and O–H groups in total. The van der Waals surface area contributed by atoms with Crippen LogP contribution in [0, 0.1) is 0 Å². The number of carboxylic acid groups (broad SMARTS) is 1. The minimum atomic E-state index is -1.15. The number of carbonyl (C=O) groups is 2. The van der Waals surface area contributed by atoms with Crippen molar-refractivity contribution in [2.24, 2.45) is 0 Å². The Morgan fingerprint density at radius 3 is 2.32 bits per heavy atom. The standard InChI is InChI=1S/C20H20BrNO3/c1-14(22-18(23)11-12-19(24)25)20(2,15-7-4-3-5-8-15)16-9-6-10-17(21)13-16/h3-14H,1-2H3,(H,22,23)(H,24,25)/b12-11-. The van der Waals surface area contributed by atoms with Crippen molar-refractivity contribution in [3.05, 3.63) is 82.3 Å². The van der Waals surface area contributed by atoms with Crippen LogP contribution in [0.5, 0.6) is 0 Å². The molecule has 1 amide bonds. The average molecular weight is 402 g/mol. The maximum Gasteiger partial charge on any atom is 0.328 e. The number of aliphatic carboxylic acids is 1. The van der Waals surface area contributed by atoms with Gasteiger partial charge in [-0.15, -0.1) is 0 Å². The van der Waals surface area contributed by atoms with Gasteiger partial charge < -0.3 is 10.4 Å². The van der Waals surface area contributed by atoms with Gasteiger partial charge in [0.15, 0.2) is 0 Å². The molecular weight excluding hydrogens is 382 g/mol. The molecule has 0 aromatic heterocycles. The quantitative estimate of drug-likeness (QED) is 0.721. The van der Waals surface area contributed by atoms with E-state index < -0.39 is 17.3 Å². The molecule has 0 saturated carbocycles. The first-order valence-electron chi connectivity index (χ1n) is 7.87. The zero-order valence-corrected chi connectivity index (χ0v) is 15.7. The van der Waals surface area contributed by atoms with Gasteiger partial charge in [-0.05, 0) is 37.1 Å². The van der Waals surface area contributed by atoms with Crippen LogP contribution in [0.15, 0.2) is 71.2 Å². The van der Waals surface area contributed by atoms with Crippen molar-refractivity contribution in [3.63, 3.8) is 0 Å².